The Bertz CT molecular complexity index is 821. The lowest BCUT2D eigenvalue weighted by Gasteiger charge is -2.09. The summed E-state index contributed by atoms with van der Waals surface area (Å²) >= 11 is 0. The smallest absolute Gasteiger partial charge is 0.269 e. The molecule has 2 aromatic carbocycles. The summed E-state index contributed by atoms with van der Waals surface area (Å²) in [7, 11) is -2.05. The van der Waals surface area contributed by atoms with Gasteiger partial charge in [-0.25, -0.2) is 13.1 Å². The van der Waals surface area contributed by atoms with Gasteiger partial charge >= 0.3 is 0 Å². The number of ether oxygens (including phenoxy) is 2. The lowest BCUT2D eigenvalue weighted by molar-refractivity contribution is -0.384. The van der Waals surface area contributed by atoms with Crippen LogP contribution in [-0.4, -0.2) is 33.6 Å². The topological polar surface area (TPSA) is 108 Å². The molecule has 2 aromatic rings. The van der Waals surface area contributed by atoms with Crippen LogP contribution < -0.4 is 14.2 Å². The maximum Gasteiger partial charge on any atom is 0.269 e. The highest BCUT2D eigenvalue weighted by molar-refractivity contribution is 7.88. The molecule has 0 saturated carbocycles. The van der Waals surface area contributed by atoms with Crippen molar-refractivity contribution in [1.29, 1.82) is 0 Å². The van der Waals surface area contributed by atoms with Crippen molar-refractivity contribution < 1.29 is 22.8 Å². The molecule has 9 heteroatoms. The Labute approximate surface area is 145 Å². The van der Waals surface area contributed by atoms with Gasteiger partial charge in [0.25, 0.3) is 5.69 Å². The van der Waals surface area contributed by atoms with Gasteiger partial charge in [0.1, 0.15) is 18.1 Å². The predicted molar refractivity (Wildman–Crippen MR) is 92.2 cm³/mol. The van der Waals surface area contributed by atoms with Gasteiger partial charge in [0, 0.05) is 18.7 Å². The summed E-state index contributed by atoms with van der Waals surface area (Å²) in [6, 6.07) is 12.5. The number of nitro groups is 1. The van der Waals surface area contributed by atoms with Gasteiger partial charge < -0.3 is 9.47 Å². The molecule has 0 unspecified atom stereocenters. The molecule has 8 nitrogen and oxygen atoms in total. The monoisotopic (exact) mass is 366 g/mol. The fourth-order valence-electron chi connectivity index (χ4n) is 2.07. The quantitative estimate of drug-likeness (QED) is 0.414. The van der Waals surface area contributed by atoms with Crippen molar-refractivity contribution in [2.45, 2.75) is 5.75 Å². The third kappa shape index (κ3) is 6.05. The minimum Gasteiger partial charge on any atom is -0.497 e. The summed E-state index contributed by atoms with van der Waals surface area (Å²) in [6.45, 7) is 0.240. The van der Waals surface area contributed by atoms with E-state index in [2.05, 4.69) is 4.72 Å². The number of sulfonamides is 1. The highest BCUT2D eigenvalue weighted by Gasteiger charge is 2.13. The van der Waals surface area contributed by atoms with Gasteiger partial charge in [-0.15, -0.1) is 0 Å². The Morgan fingerprint density at radius 1 is 1.12 bits per heavy atom. The van der Waals surface area contributed by atoms with E-state index < -0.39 is 14.9 Å². The van der Waals surface area contributed by atoms with Gasteiger partial charge in [-0.05, 0) is 29.8 Å². The van der Waals surface area contributed by atoms with E-state index in [4.69, 9.17) is 9.47 Å². The highest BCUT2D eigenvalue weighted by Crippen LogP contribution is 2.17. The summed E-state index contributed by atoms with van der Waals surface area (Å²) in [4.78, 5) is 10.2. The first kappa shape index (κ1) is 18.7. The SMILES string of the molecule is COc1ccc(OCCNS(=O)(=O)Cc2cccc([N+](=O)[O-])c2)cc1. The molecule has 0 amide bonds. The number of nitrogens with one attached hydrogen (secondary N) is 1. The molecule has 0 bridgehead atoms. The predicted octanol–water partition coefficient (Wildman–Crippen LogP) is 2.10. The minimum absolute atomic E-state index is 0.0866. The van der Waals surface area contributed by atoms with Crippen LogP contribution in [-0.2, 0) is 15.8 Å². The van der Waals surface area contributed by atoms with Gasteiger partial charge in [-0.2, -0.15) is 0 Å². The number of nitro benzene ring substituents is 1. The number of methoxy groups -OCH3 is 1. The van der Waals surface area contributed by atoms with Crippen molar-refractivity contribution in [2.75, 3.05) is 20.3 Å². The second-order valence-electron chi connectivity index (χ2n) is 5.10. The van der Waals surface area contributed by atoms with Crippen LogP contribution in [0.4, 0.5) is 5.69 Å². The van der Waals surface area contributed by atoms with E-state index in [0.717, 1.165) is 0 Å². The maximum absolute atomic E-state index is 12.0. The number of hydrogen-bond donors (Lipinski definition) is 1. The van der Waals surface area contributed by atoms with Gasteiger partial charge in [0.15, 0.2) is 0 Å². The van der Waals surface area contributed by atoms with Crippen molar-refractivity contribution >= 4 is 15.7 Å². The minimum atomic E-state index is -3.61. The van der Waals surface area contributed by atoms with Crippen LogP contribution in [0.15, 0.2) is 48.5 Å². The molecule has 0 saturated heterocycles. The summed E-state index contributed by atoms with van der Waals surface area (Å²) in [5, 5.41) is 10.7. The van der Waals surface area contributed by atoms with Gasteiger partial charge in [-0.3, -0.25) is 10.1 Å². The van der Waals surface area contributed by atoms with Crippen LogP contribution in [0, 0.1) is 10.1 Å². The Hall–Kier alpha value is -2.65. The molecule has 0 aromatic heterocycles. The summed E-state index contributed by atoms with van der Waals surface area (Å²) < 4.78 is 36.9. The molecule has 1 N–H and O–H groups in total. The fourth-order valence-corrected chi connectivity index (χ4v) is 3.18. The third-order valence-electron chi connectivity index (χ3n) is 3.23. The molecule has 0 aliphatic heterocycles. The van der Waals surface area contributed by atoms with Gasteiger partial charge in [0.05, 0.1) is 17.8 Å². The lowest BCUT2D eigenvalue weighted by Crippen LogP contribution is -2.29. The maximum atomic E-state index is 12.0. The van der Waals surface area contributed by atoms with E-state index in [1.165, 1.54) is 24.3 Å². The lowest BCUT2D eigenvalue weighted by atomic mass is 10.2. The zero-order chi connectivity index (χ0) is 18.3. The summed E-state index contributed by atoms with van der Waals surface area (Å²) in [6.07, 6.45) is 0. The standard InChI is InChI=1S/C16H18N2O6S/c1-23-15-5-7-16(8-6-15)24-10-9-17-25(21,22)12-13-3-2-4-14(11-13)18(19)20/h2-8,11,17H,9-10,12H2,1H3. The van der Waals surface area contributed by atoms with Crippen molar-refractivity contribution in [3.8, 4) is 11.5 Å². The molecule has 25 heavy (non-hydrogen) atoms. The normalized spacial score (nSPS) is 11.1. The number of hydrogen-bond acceptors (Lipinski definition) is 6. The van der Waals surface area contributed by atoms with Gasteiger partial charge in [0.2, 0.25) is 10.0 Å². The summed E-state index contributed by atoms with van der Waals surface area (Å²) in [5.41, 5.74) is 0.202. The molecule has 2 rings (SSSR count). The zero-order valence-electron chi connectivity index (χ0n) is 13.5. The van der Waals surface area contributed by atoms with Crippen LogP contribution in [0.3, 0.4) is 0 Å². The number of benzene rings is 2. The number of rotatable bonds is 9. The van der Waals surface area contributed by atoms with Crippen molar-refractivity contribution in [2.24, 2.45) is 0 Å². The van der Waals surface area contributed by atoms with E-state index in [0.29, 0.717) is 17.1 Å². The van der Waals surface area contributed by atoms with Crippen LogP contribution in [0.1, 0.15) is 5.56 Å². The zero-order valence-corrected chi connectivity index (χ0v) is 14.4. The Morgan fingerprint density at radius 3 is 2.44 bits per heavy atom. The van der Waals surface area contributed by atoms with E-state index in [1.807, 2.05) is 0 Å². The average Bonchev–Trinajstić information content (AvgIpc) is 2.59. The van der Waals surface area contributed by atoms with Crippen LogP contribution in [0.5, 0.6) is 11.5 Å². The molecule has 0 spiro atoms. The second kappa shape index (κ2) is 8.45. The molecule has 0 radical (unpaired) electrons. The first-order valence-corrected chi connectivity index (χ1v) is 9.02. The molecule has 134 valence electrons. The molecule has 0 aliphatic carbocycles. The summed E-state index contributed by atoms with van der Waals surface area (Å²) in [5.74, 6) is 0.959. The third-order valence-corrected chi connectivity index (χ3v) is 4.59. The van der Waals surface area contributed by atoms with Crippen molar-refractivity contribution in [1.82, 2.24) is 4.72 Å². The number of non-ortho nitro benzene ring substituents is 1. The molecular weight excluding hydrogens is 348 g/mol. The largest absolute Gasteiger partial charge is 0.497 e. The Morgan fingerprint density at radius 2 is 1.80 bits per heavy atom. The molecular formula is C16H18N2O6S. The van der Waals surface area contributed by atoms with E-state index in [9.17, 15) is 18.5 Å². The Kier molecular flexibility index (Phi) is 6.31. The van der Waals surface area contributed by atoms with Gasteiger partial charge in [-0.1, -0.05) is 12.1 Å². The molecule has 0 atom stereocenters. The van der Waals surface area contributed by atoms with E-state index in [-0.39, 0.29) is 24.6 Å². The van der Waals surface area contributed by atoms with E-state index >= 15 is 0 Å². The van der Waals surface area contributed by atoms with Crippen LogP contribution in [0.2, 0.25) is 0 Å². The number of nitrogens with zero attached hydrogens (tertiary/aromatic N) is 1. The van der Waals surface area contributed by atoms with E-state index in [1.54, 1.807) is 31.4 Å². The van der Waals surface area contributed by atoms with Crippen LogP contribution >= 0.6 is 0 Å². The first-order valence-electron chi connectivity index (χ1n) is 7.37. The molecule has 0 aliphatic rings. The van der Waals surface area contributed by atoms with Crippen molar-refractivity contribution in [3.05, 3.63) is 64.2 Å². The first-order chi connectivity index (χ1) is 11.9. The average molecular weight is 366 g/mol. The Balaban J connectivity index is 1.82. The highest BCUT2D eigenvalue weighted by atomic mass is 32.2. The van der Waals surface area contributed by atoms with Crippen molar-refractivity contribution in [3.63, 3.8) is 0 Å². The molecule has 0 fully saturated rings. The molecule has 0 heterocycles. The van der Waals surface area contributed by atoms with Crippen LogP contribution in [0.25, 0.3) is 0 Å². The second-order valence-corrected chi connectivity index (χ2v) is 6.91. The fraction of sp³-hybridized carbons (Fsp3) is 0.250.